The molecule has 0 aliphatic heterocycles. The summed E-state index contributed by atoms with van der Waals surface area (Å²) >= 11 is 0. The summed E-state index contributed by atoms with van der Waals surface area (Å²) in [6, 6.07) is 0. The third-order valence-corrected chi connectivity index (χ3v) is 9.10. The van der Waals surface area contributed by atoms with Crippen LogP contribution in [0.3, 0.4) is 0 Å². The highest BCUT2D eigenvalue weighted by molar-refractivity contribution is 6.06. The number of hydrogen-bond donors (Lipinski definition) is 1. The Hall–Kier alpha value is -1.68. The van der Waals surface area contributed by atoms with Crippen molar-refractivity contribution in [3.05, 3.63) is 34.7 Å². The van der Waals surface area contributed by atoms with Gasteiger partial charge in [0.2, 0.25) is 0 Å². The largest absolute Gasteiger partial charge is 0.393 e. The molecule has 6 atom stereocenters. The zero-order valence-electron chi connectivity index (χ0n) is 18.2. The third-order valence-electron chi connectivity index (χ3n) is 9.10. The standard InChI is InChI=1S/C25H34N2O2/c1-15-17(14-27(4)26-15)11-16-12-22-20-6-5-18-13-19(28)7-9-24(18,2)21(20)8-10-25(22,3)23(16)29/h5,11,14,19-22,28H,6-10,12-13H2,1-4H3/b16-11+/t19-,20-,21+,22+,24-,25-/m0/s1. The molecule has 0 amide bonds. The fraction of sp³-hybridized carbons (Fsp3) is 0.680. The van der Waals surface area contributed by atoms with Crippen molar-refractivity contribution in [2.45, 2.75) is 71.8 Å². The van der Waals surface area contributed by atoms with Crippen LogP contribution in [0.5, 0.6) is 0 Å². The van der Waals surface area contributed by atoms with Crippen LogP contribution in [0.2, 0.25) is 0 Å². The second-order valence-corrected chi connectivity index (χ2v) is 10.7. The van der Waals surface area contributed by atoms with Gasteiger partial charge >= 0.3 is 0 Å². The lowest BCUT2D eigenvalue weighted by Crippen LogP contribution is -2.50. The maximum absolute atomic E-state index is 13.5. The molecular formula is C25H34N2O2. The number of ketones is 1. The number of fused-ring (bicyclic) bond motifs is 5. The first-order valence-corrected chi connectivity index (χ1v) is 11.4. The number of hydrogen-bond acceptors (Lipinski definition) is 3. The van der Waals surface area contributed by atoms with Crippen LogP contribution in [0, 0.1) is 35.5 Å². The molecule has 0 spiro atoms. The molecule has 1 aromatic heterocycles. The number of carbonyl (C=O) groups is 1. The Morgan fingerprint density at radius 3 is 2.66 bits per heavy atom. The van der Waals surface area contributed by atoms with Gasteiger partial charge in [-0.1, -0.05) is 25.5 Å². The molecule has 1 N–H and O–H groups in total. The Kier molecular flexibility index (Phi) is 4.26. The lowest BCUT2D eigenvalue weighted by Gasteiger charge is -2.56. The molecule has 4 heteroatoms. The van der Waals surface area contributed by atoms with Gasteiger partial charge in [0.05, 0.1) is 11.8 Å². The predicted molar refractivity (Wildman–Crippen MR) is 114 cm³/mol. The molecule has 4 aliphatic carbocycles. The molecule has 3 saturated carbocycles. The molecule has 0 unspecified atom stereocenters. The summed E-state index contributed by atoms with van der Waals surface area (Å²) in [6.07, 6.45) is 13.4. The summed E-state index contributed by atoms with van der Waals surface area (Å²) in [7, 11) is 1.94. The second kappa shape index (κ2) is 6.41. The van der Waals surface area contributed by atoms with E-state index in [1.54, 1.807) is 0 Å². The lowest BCUT2D eigenvalue weighted by atomic mass is 9.48. The molecule has 4 nitrogen and oxygen atoms in total. The monoisotopic (exact) mass is 394 g/mol. The number of aliphatic hydroxyl groups is 1. The van der Waals surface area contributed by atoms with E-state index < -0.39 is 0 Å². The van der Waals surface area contributed by atoms with Crippen LogP contribution in [0.25, 0.3) is 6.08 Å². The smallest absolute Gasteiger partial charge is 0.165 e. The Labute approximate surface area is 174 Å². The molecule has 0 aromatic carbocycles. The maximum atomic E-state index is 13.5. The van der Waals surface area contributed by atoms with E-state index >= 15 is 0 Å². The van der Waals surface area contributed by atoms with Crippen LogP contribution in [0.1, 0.15) is 70.1 Å². The van der Waals surface area contributed by atoms with E-state index in [0.717, 1.165) is 61.8 Å². The summed E-state index contributed by atoms with van der Waals surface area (Å²) in [4.78, 5) is 13.5. The average molecular weight is 395 g/mol. The van der Waals surface area contributed by atoms with Crippen LogP contribution >= 0.6 is 0 Å². The summed E-state index contributed by atoms with van der Waals surface area (Å²) in [5, 5.41) is 14.6. The molecule has 0 bridgehead atoms. The Bertz CT molecular complexity index is 925. The highest BCUT2D eigenvalue weighted by Gasteiger charge is 2.59. The van der Waals surface area contributed by atoms with Crippen molar-refractivity contribution < 1.29 is 9.90 Å². The van der Waals surface area contributed by atoms with Crippen molar-refractivity contribution in [1.82, 2.24) is 9.78 Å². The minimum Gasteiger partial charge on any atom is -0.393 e. The molecule has 4 aliphatic rings. The van der Waals surface area contributed by atoms with Crippen LogP contribution in [-0.2, 0) is 11.8 Å². The fourth-order valence-electron chi connectivity index (χ4n) is 7.39. The van der Waals surface area contributed by atoms with Gasteiger partial charge in [-0.2, -0.15) is 5.10 Å². The van der Waals surface area contributed by atoms with Gasteiger partial charge in [-0.25, -0.2) is 0 Å². The van der Waals surface area contributed by atoms with Crippen LogP contribution in [0.4, 0.5) is 0 Å². The minimum atomic E-state index is -0.209. The van der Waals surface area contributed by atoms with Crippen molar-refractivity contribution >= 4 is 11.9 Å². The molecule has 3 fully saturated rings. The SMILES string of the molecule is Cc1nn(C)cc1/C=C1\C[C@@H]2[C@H]3CC=C4C[C@@H](O)CC[C@]4(C)[C@@H]3CC[C@]2(C)C1=O. The lowest BCUT2D eigenvalue weighted by molar-refractivity contribution is -0.130. The Morgan fingerprint density at radius 1 is 1.17 bits per heavy atom. The summed E-state index contributed by atoms with van der Waals surface area (Å²) < 4.78 is 1.83. The first-order valence-electron chi connectivity index (χ1n) is 11.4. The van der Waals surface area contributed by atoms with Crippen LogP contribution in [0.15, 0.2) is 23.4 Å². The summed E-state index contributed by atoms with van der Waals surface area (Å²) in [5.74, 6) is 2.06. The molecule has 5 rings (SSSR count). The fourth-order valence-corrected chi connectivity index (χ4v) is 7.39. The molecule has 0 saturated heterocycles. The first kappa shape index (κ1) is 19.3. The van der Waals surface area contributed by atoms with Gasteiger partial charge in [0, 0.05) is 24.2 Å². The normalized spacial score (nSPS) is 43.0. The number of aliphatic hydroxyl groups excluding tert-OH is 1. The Balaban J connectivity index is 1.49. The highest BCUT2D eigenvalue weighted by atomic mass is 16.3. The van der Waals surface area contributed by atoms with E-state index in [1.165, 1.54) is 5.57 Å². The number of aryl methyl sites for hydroxylation is 2. The van der Waals surface area contributed by atoms with Gasteiger partial charge in [-0.3, -0.25) is 9.48 Å². The van der Waals surface area contributed by atoms with E-state index in [1.807, 2.05) is 24.9 Å². The average Bonchev–Trinajstić information content (AvgIpc) is 3.12. The molecule has 0 radical (unpaired) electrons. The topological polar surface area (TPSA) is 55.1 Å². The number of rotatable bonds is 1. The van der Waals surface area contributed by atoms with Crippen molar-refractivity contribution in [2.24, 2.45) is 35.6 Å². The van der Waals surface area contributed by atoms with Gasteiger partial charge in [0.1, 0.15) is 0 Å². The second-order valence-electron chi connectivity index (χ2n) is 10.7. The quantitative estimate of drug-likeness (QED) is 0.559. The molecule has 29 heavy (non-hydrogen) atoms. The van der Waals surface area contributed by atoms with Crippen LogP contribution in [-0.4, -0.2) is 26.8 Å². The van der Waals surface area contributed by atoms with Gasteiger partial charge in [0.25, 0.3) is 0 Å². The zero-order chi connectivity index (χ0) is 20.6. The maximum Gasteiger partial charge on any atom is 0.165 e. The van der Waals surface area contributed by atoms with Crippen molar-refractivity contribution in [3.8, 4) is 0 Å². The number of nitrogens with zero attached hydrogens (tertiary/aromatic N) is 2. The highest BCUT2D eigenvalue weighted by Crippen LogP contribution is 2.64. The van der Waals surface area contributed by atoms with Gasteiger partial charge < -0.3 is 5.11 Å². The number of aromatic nitrogens is 2. The molecule has 1 aromatic rings. The zero-order valence-corrected chi connectivity index (χ0v) is 18.2. The number of allylic oxidation sites excluding steroid dienone is 2. The van der Waals surface area contributed by atoms with E-state index in [4.69, 9.17) is 0 Å². The van der Waals surface area contributed by atoms with Gasteiger partial charge in [-0.15, -0.1) is 0 Å². The summed E-state index contributed by atoms with van der Waals surface area (Å²) in [6.45, 7) is 6.69. The van der Waals surface area contributed by atoms with Crippen molar-refractivity contribution in [3.63, 3.8) is 0 Å². The van der Waals surface area contributed by atoms with Crippen molar-refractivity contribution in [2.75, 3.05) is 0 Å². The minimum absolute atomic E-state index is 0.162. The first-order chi connectivity index (χ1) is 13.7. The van der Waals surface area contributed by atoms with E-state index in [-0.39, 0.29) is 16.9 Å². The molecule has 156 valence electrons. The Morgan fingerprint density at radius 2 is 1.93 bits per heavy atom. The number of carbonyl (C=O) groups excluding carboxylic acids is 1. The van der Waals surface area contributed by atoms with E-state index in [2.05, 4.69) is 31.1 Å². The molecule has 1 heterocycles. The van der Waals surface area contributed by atoms with Crippen LogP contribution < -0.4 is 0 Å². The van der Waals surface area contributed by atoms with Gasteiger partial charge in [0.15, 0.2) is 5.78 Å². The van der Waals surface area contributed by atoms with Gasteiger partial charge in [-0.05, 0) is 86.7 Å². The van der Waals surface area contributed by atoms with E-state index in [9.17, 15) is 9.90 Å². The van der Waals surface area contributed by atoms with Crippen molar-refractivity contribution in [1.29, 1.82) is 0 Å². The summed E-state index contributed by atoms with van der Waals surface area (Å²) in [5.41, 5.74) is 4.58. The molecular weight excluding hydrogens is 360 g/mol. The predicted octanol–water partition coefficient (Wildman–Crippen LogP) is 4.61. The van der Waals surface area contributed by atoms with E-state index in [0.29, 0.717) is 23.5 Å². The number of Topliss-reactive ketones (excluding diaryl/α,β-unsaturated/α-hetero) is 1. The third kappa shape index (κ3) is 2.74.